The zero-order valence-corrected chi connectivity index (χ0v) is 20.4. The second kappa shape index (κ2) is 11.1. The second-order valence-corrected chi connectivity index (χ2v) is 12.3. The molecule has 2 atom stereocenters. The van der Waals surface area contributed by atoms with E-state index in [1.807, 2.05) is 0 Å². The molecule has 37 heavy (non-hydrogen) atoms. The molecular weight excluding hydrogens is 643 g/mol. The molecule has 0 aromatic rings. The summed E-state index contributed by atoms with van der Waals surface area (Å²) in [6.45, 7) is 0.352. The Balaban J connectivity index is 6.51. The van der Waals surface area contributed by atoms with Crippen molar-refractivity contribution in [2.24, 2.45) is 0 Å². The topological polar surface area (TPSA) is 96.0 Å². The Morgan fingerprint density at radius 1 is 0.595 bits per heavy atom. The van der Waals surface area contributed by atoms with Crippen LogP contribution in [0.5, 0.6) is 0 Å². The minimum atomic E-state index is -6.96. The minimum absolute atomic E-state index is 1.67. The van der Waals surface area contributed by atoms with Gasteiger partial charge < -0.3 is 14.2 Å². The molecule has 0 radical (unpaired) electrons. The normalized spacial score (nSPS) is 17.6. The molecule has 0 fully saturated rings. The van der Waals surface area contributed by atoms with Crippen molar-refractivity contribution in [3.05, 3.63) is 24.7 Å². The molecule has 0 heterocycles. The predicted octanol–water partition coefficient (Wildman–Crippen LogP) is 4.93. The van der Waals surface area contributed by atoms with Gasteiger partial charge in [-0.2, -0.15) is 52.7 Å². The van der Waals surface area contributed by atoms with E-state index in [-0.39, 0.29) is 0 Å². The molecule has 0 aromatic heterocycles. The summed E-state index contributed by atoms with van der Waals surface area (Å²) in [7, 11) is -0.216. The first-order chi connectivity index (χ1) is 16.0. The minimum Gasteiger partial charge on any atom is -0.455 e. The highest BCUT2D eigenvalue weighted by Gasteiger charge is 2.77. The summed E-state index contributed by atoms with van der Waals surface area (Å²) in [6, 6.07) is 0. The summed E-state index contributed by atoms with van der Waals surface area (Å²) in [4.78, 5) is 0. The van der Waals surface area contributed by atoms with Crippen molar-refractivity contribution in [3.8, 4) is 0 Å². The number of ether oxygens (including phenoxy) is 3. The van der Waals surface area contributed by atoms with Gasteiger partial charge in [-0.15, -0.1) is 0 Å². The first-order valence-electron chi connectivity index (χ1n) is 8.42. The Bertz CT molecular complexity index is 991. The molecule has 0 aliphatic heterocycles. The van der Waals surface area contributed by atoms with Gasteiger partial charge in [-0.3, -0.25) is 0 Å². The van der Waals surface area contributed by atoms with E-state index < -0.39 is 90.2 Å². The van der Waals surface area contributed by atoms with Crippen LogP contribution in [0.1, 0.15) is 0 Å². The van der Waals surface area contributed by atoms with E-state index >= 15 is 0 Å². The molecule has 220 valence electrons. The van der Waals surface area contributed by atoms with Crippen molar-refractivity contribution < 1.29 is 83.7 Å². The van der Waals surface area contributed by atoms with Crippen molar-refractivity contribution >= 4 is 39.5 Å². The summed E-state index contributed by atoms with van der Waals surface area (Å²) in [5.74, 6) is -34.4. The van der Waals surface area contributed by atoms with E-state index in [2.05, 4.69) is 48.7 Å². The second-order valence-electron chi connectivity index (χ2n) is 6.47. The zero-order chi connectivity index (χ0) is 30.1. The Hall–Kier alpha value is -1.16. The third-order valence-corrected chi connectivity index (χ3v) is 5.97. The zero-order valence-electron chi connectivity index (χ0n) is 17.2. The molecule has 23 heteroatoms. The Morgan fingerprint density at radius 3 is 1.03 bits per heavy atom. The van der Waals surface area contributed by atoms with Crippen LogP contribution in [0.15, 0.2) is 24.7 Å². The Kier molecular flexibility index (Phi) is 10.8. The van der Waals surface area contributed by atoms with Crippen molar-refractivity contribution in [2.75, 3.05) is 24.7 Å². The molecule has 0 spiro atoms. The van der Waals surface area contributed by atoms with Crippen LogP contribution in [-0.4, -0.2) is 77.5 Å². The molecule has 0 aliphatic rings. The summed E-state index contributed by atoms with van der Waals surface area (Å²) < 4.78 is 216. The van der Waals surface area contributed by atoms with Crippen LogP contribution in [0, 0.1) is 0 Å². The number of halogens is 14. The van der Waals surface area contributed by atoms with Gasteiger partial charge in [-0.25, -0.2) is 16.8 Å². The van der Waals surface area contributed by atoms with Crippen LogP contribution in [0.25, 0.3) is 0 Å². The van der Waals surface area contributed by atoms with E-state index in [9.17, 15) is 69.5 Å². The van der Waals surface area contributed by atoms with Crippen LogP contribution in [0.3, 0.4) is 0 Å². The van der Waals surface area contributed by atoms with Crippen LogP contribution in [0.2, 0.25) is 0 Å². The number of rotatable bonds is 14. The quantitative estimate of drug-likeness (QED) is 0.149. The van der Waals surface area contributed by atoms with E-state index in [4.69, 9.17) is 0 Å². The van der Waals surface area contributed by atoms with E-state index in [1.54, 1.807) is 0 Å². The molecule has 0 bridgehead atoms. The van der Waals surface area contributed by atoms with Crippen molar-refractivity contribution in [1.29, 1.82) is 0 Å². The van der Waals surface area contributed by atoms with E-state index in [1.165, 1.54) is 0 Å². The van der Waals surface area contributed by atoms with E-state index in [0.29, 0.717) is 0 Å². The molecule has 0 aromatic carbocycles. The molecule has 0 saturated carbocycles. The highest BCUT2D eigenvalue weighted by Crippen LogP contribution is 2.53. The van der Waals surface area contributed by atoms with Crippen molar-refractivity contribution in [3.63, 3.8) is 0 Å². The monoisotopic (exact) mass is 654 g/mol. The molecule has 0 saturated heterocycles. The third-order valence-electron chi connectivity index (χ3n) is 3.74. The lowest BCUT2D eigenvalue weighted by molar-refractivity contribution is -0.385. The summed E-state index contributed by atoms with van der Waals surface area (Å²) in [6.07, 6.45) is -13.9. The van der Waals surface area contributed by atoms with Gasteiger partial charge in [0.05, 0.1) is 24.7 Å². The average Bonchev–Trinajstić information content (AvgIpc) is 2.63. The predicted molar refractivity (Wildman–Crippen MR) is 100 cm³/mol. The van der Waals surface area contributed by atoms with Gasteiger partial charge in [0.25, 0.3) is 0 Å². The molecule has 0 N–H and O–H groups in total. The Labute approximate surface area is 208 Å². The smallest absolute Gasteiger partial charge is 0.455 e. The first-order valence-corrected chi connectivity index (χ1v) is 13.4. The van der Waals surface area contributed by atoms with Crippen molar-refractivity contribution in [2.45, 2.75) is 35.9 Å². The summed E-state index contributed by atoms with van der Waals surface area (Å²) >= 11 is 0. The molecule has 7 nitrogen and oxygen atoms in total. The van der Waals surface area contributed by atoms with Gasteiger partial charge in [0, 0.05) is 21.4 Å². The highest BCUT2D eigenvalue weighted by atomic mass is 35.7. The Morgan fingerprint density at radius 2 is 0.838 bits per heavy atom. The lowest BCUT2D eigenvalue weighted by atomic mass is 10.1. The molecule has 0 aliphatic carbocycles. The maximum atomic E-state index is 14.9. The van der Waals surface area contributed by atoms with Gasteiger partial charge in [-0.1, -0.05) is 13.2 Å². The summed E-state index contributed by atoms with van der Waals surface area (Å²) in [5.41, 5.74) is 0. The lowest BCUT2D eigenvalue weighted by Crippen LogP contribution is -2.59. The first kappa shape index (κ1) is 35.8. The van der Waals surface area contributed by atoms with Gasteiger partial charge in [0.15, 0.2) is 11.5 Å². The van der Waals surface area contributed by atoms with Crippen LogP contribution in [-0.2, 0) is 32.3 Å². The van der Waals surface area contributed by atoms with Gasteiger partial charge in [-0.05, 0) is 0 Å². The number of hydrogen-bond donors (Lipinski definition) is 0. The van der Waals surface area contributed by atoms with Crippen LogP contribution < -0.4 is 0 Å². The van der Waals surface area contributed by atoms with Gasteiger partial charge in [0.2, 0.25) is 18.1 Å². The van der Waals surface area contributed by atoms with Crippen molar-refractivity contribution in [1.82, 2.24) is 0 Å². The summed E-state index contributed by atoms with van der Waals surface area (Å²) in [5, 5.41) is 0. The number of hydrogen-bond acceptors (Lipinski definition) is 7. The fraction of sp³-hybridized carbons (Fsp3) is 0.714. The average molecular weight is 655 g/mol. The van der Waals surface area contributed by atoms with E-state index in [0.717, 1.165) is 0 Å². The third kappa shape index (κ3) is 8.41. The van der Waals surface area contributed by atoms with Gasteiger partial charge >= 0.3 is 35.9 Å². The largest absolute Gasteiger partial charge is 0.460 e. The molecular formula is C14H12Cl2F12O7S2. The van der Waals surface area contributed by atoms with Crippen LogP contribution in [0.4, 0.5) is 52.7 Å². The van der Waals surface area contributed by atoms with Gasteiger partial charge in [0.1, 0.15) is 0 Å². The number of alkyl halides is 12. The van der Waals surface area contributed by atoms with Crippen LogP contribution >= 0.6 is 21.4 Å². The standard InChI is InChI=1S/C14H12Cl2F12O7S2/c1-7(9(17,11(19,20)13(23,24)25)33-3-5-36(15,29)30)35-8(2)10(18,12(21,22)14(26,27)28)34-4-6-37(16,31)32/h1-6H2. The SMILES string of the molecule is C=C(OC(=C)C(F)(OCCS(=O)(=O)Cl)C(F)(F)C(F)(F)F)C(F)(OCCS(=O)(=O)Cl)C(F)(F)C(F)(F)F. The highest BCUT2D eigenvalue weighted by molar-refractivity contribution is 8.14. The lowest BCUT2D eigenvalue weighted by Gasteiger charge is -2.38. The fourth-order valence-corrected chi connectivity index (χ4v) is 2.84. The fourth-order valence-electron chi connectivity index (χ4n) is 1.90. The molecule has 0 amide bonds. The molecule has 0 rings (SSSR count). The molecule has 2 unspecified atom stereocenters. The maximum absolute atomic E-state index is 14.9. The maximum Gasteiger partial charge on any atom is 0.460 e.